The van der Waals surface area contributed by atoms with E-state index < -0.39 is 0 Å². The molecule has 0 saturated heterocycles. The van der Waals surface area contributed by atoms with Crippen molar-refractivity contribution >= 4 is 43.2 Å². The highest BCUT2D eigenvalue weighted by Gasteiger charge is 2.24. The molecule has 1 unspecified atom stereocenters. The third-order valence-corrected chi connectivity index (χ3v) is 6.12. The van der Waals surface area contributed by atoms with E-state index in [0.717, 1.165) is 17.4 Å². The second-order valence-corrected chi connectivity index (χ2v) is 8.66. The molecule has 3 nitrogen and oxygen atoms in total. The monoisotopic (exact) mass is 433 g/mol. The molecule has 0 aliphatic rings. The molecule has 2 aromatic rings. The Balaban J connectivity index is 2.47. The van der Waals surface area contributed by atoms with Crippen molar-refractivity contribution in [1.29, 1.82) is 0 Å². The van der Waals surface area contributed by atoms with Crippen LogP contribution in [-0.2, 0) is 0 Å². The summed E-state index contributed by atoms with van der Waals surface area (Å²) in [5.74, 6) is 0. The van der Waals surface area contributed by atoms with Gasteiger partial charge in [-0.3, -0.25) is 4.68 Å². The summed E-state index contributed by atoms with van der Waals surface area (Å²) < 4.78 is 4.36. The first-order valence-electron chi connectivity index (χ1n) is 7.17. The Labute approximate surface area is 147 Å². The minimum Gasteiger partial charge on any atom is -0.304 e. The Hall–Kier alpha value is -0.170. The fraction of sp³-hybridized carbons (Fsp3) is 0.533. The molecule has 0 aromatic carbocycles. The van der Waals surface area contributed by atoms with Gasteiger partial charge in [-0.15, -0.1) is 11.3 Å². The van der Waals surface area contributed by atoms with Gasteiger partial charge >= 0.3 is 0 Å². The average molecular weight is 435 g/mol. The van der Waals surface area contributed by atoms with E-state index in [0.29, 0.717) is 6.04 Å². The first-order valence-corrected chi connectivity index (χ1v) is 9.58. The Morgan fingerprint density at radius 2 is 2.10 bits per heavy atom. The second-order valence-electron chi connectivity index (χ2n) is 5.41. The van der Waals surface area contributed by atoms with Gasteiger partial charge in [0.05, 0.1) is 26.2 Å². The summed E-state index contributed by atoms with van der Waals surface area (Å²) in [7, 11) is 0. The van der Waals surface area contributed by atoms with Gasteiger partial charge in [-0.25, -0.2) is 0 Å². The van der Waals surface area contributed by atoms with Gasteiger partial charge in [0.1, 0.15) is 0 Å². The van der Waals surface area contributed by atoms with Gasteiger partial charge in [-0.2, -0.15) is 5.10 Å². The third kappa shape index (κ3) is 3.78. The molecule has 2 heterocycles. The molecule has 0 amide bonds. The van der Waals surface area contributed by atoms with Crippen LogP contribution in [0.15, 0.2) is 20.5 Å². The molecule has 0 aliphatic carbocycles. The number of nitrogens with one attached hydrogen (secondary N) is 1. The summed E-state index contributed by atoms with van der Waals surface area (Å²) >= 11 is 9.10. The lowest BCUT2D eigenvalue weighted by Gasteiger charge is -2.21. The van der Waals surface area contributed by atoms with Crippen LogP contribution in [0, 0.1) is 6.92 Å². The Morgan fingerprint density at radius 1 is 1.38 bits per heavy atom. The lowest BCUT2D eigenvalue weighted by atomic mass is 10.1. The van der Waals surface area contributed by atoms with Crippen LogP contribution in [-0.4, -0.2) is 16.3 Å². The highest BCUT2D eigenvalue weighted by atomic mass is 79.9. The number of nitrogens with zero attached hydrogens (tertiary/aromatic N) is 2. The fourth-order valence-corrected chi connectivity index (χ4v) is 4.43. The molecule has 0 radical (unpaired) electrons. The predicted octanol–water partition coefficient (Wildman–Crippen LogP) is 5.45. The first-order chi connectivity index (χ1) is 9.95. The van der Waals surface area contributed by atoms with E-state index >= 15 is 0 Å². The van der Waals surface area contributed by atoms with Crippen LogP contribution in [0.25, 0.3) is 0 Å². The largest absolute Gasteiger partial charge is 0.304 e. The SMILES string of the molecule is CCCNC(c1cc(C)c(Br)s1)c1c(Br)cnn1C(C)C. The summed E-state index contributed by atoms with van der Waals surface area (Å²) in [5, 5.41) is 8.19. The highest BCUT2D eigenvalue weighted by Crippen LogP contribution is 2.37. The second kappa shape index (κ2) is 7.40. The number of thiophene rings is 1. The zero-order valence-electron chi connectivity index (χ0n) is 12.8. The van der Waals surface area contributed by atoms with Crippen LogP contribution in [0.2, 0.25) is 0 Å². The molecule has 0 aliphatic heterocycles. The first kappa shape index (κ1) is 17.2. The van der Waals surface area contributed by atoms with Gasteiger partial charge in [0, 0.05) is 10.9 Å². The van der Waals surface area contributed by atoms with Crippen molar-refractivity contribution in [2.24, 2.45) is 0 Å². The van der Waals surface area contributed by atoms with Crippen molar-refractivity contribution in [2.75, 3.05) is 6.54 Å². The molecular formula is C15H21Br2N3S. The Morgan fingerprint density at radius 3 is 2.62 bits per heavy atom. The van der Waals surface area contributed by atoms with Gasteiger partial charge in [0.15, 0.2) is 0 Å². The number of hydrogen-bond donors (Lipinski definition) is 1. The maximum atomic E-state index is 4.52. The molecule has 0 spiro atoms. The molecule has 1 N–H and O–H groups in total. The smallest absolute Gasteiger partial charge is 0.0854 e. The topological polar surface area (TPSA) is 29.9 Å². The van der Waals surface area contributed by atoms with Crippen molar-refractivity contribution in [2.45, 2.75) is 46.2 Å². The van der Waals surface area contributed by atoms with Gasteiger partial charge in [-0.05, 0) is 77.2 Å². The van der Waals surface area contributed by atoms with E-state index in [1.165, 1.54) is 19.9 Å². The van der Waals surface area contributed by atoms with Crippen molar-refractivity contribution in [3.63, 3.8) is 0 Å². The molecule has 116 valence electrons. The Kier molecular flexibility index (Phi) is 6.05. The molecule has 2 rings (SSSR count). The molecule has 0 bridgehead atoms. The molecule has 0 saturated carbocycles. The summed E-state index contributed by atoms with van der Waals surface area (Å²) in [4.78, 5) is 1.32. The molecule has 6 heteroatoms. The van der Waals surface area contributed by atoms with Crippen molar-refractivity contribution in [1.82, 2.24) is 15.1 Å². The summed E-state index contributed by atoms with van der Waals surface area (Å²) in [5.41, 5.74) is 2.48. The third-order valence-electron chi connectivity index (χ3n) is 3.31. The normalized spacial score (nSPS) is 13.1. The molecule has 1 atom stereocenters. The van der Waals surface area contributed by atoms with E-state index in [1.807, 2.05) is 6.20 Å². The van der Waals surface area contributed by atoms with Crippen LogP contribution < -0.4 is 5.32 Å². The summed E-state index contributed by atoms with van der Waals surface area (Å²) in [6.45, 7) is 9.63. The van der Waals surface area contributed by atoms with Crippen LogP contribution in [0.4, 0.5) is 0 Å². The predicted molar refractivity (Wildman–Crippen MR) is 97.2 cm³/mol. The number of aryl methyl sites for hydroxylation is 1. The minimum atomic E-state index is 0.166. The van der Waals surface area contributed by atoms with Gasteiger partial charge in [0.2, 0.25) is 0 Å². The van der Waals surface area contributed by atoms with Crippen LogP contribution in [0.1, 0.15) is 55.4 Å². The number of halogens is 2. The fourth-order valence-electron chi connectivity index (χ4n) is 2.28. The summed E-state index contributed by atoms with van der Waals surface area (Å²) in [6, 6.07) is 2.76. The van der Waals surface area contributed by atoms with E-state index in [4.69, 9.17) is 0 Å². The highest BCUT2D eigenvalue weighted by molar-refractivity contribution is 9.11. The van der Waals surface area contributed by atoms with Gasteiger partial charge < -0.3 is 5.32 Å². The van der Waals surface area contributed by atoms with E-state index in [-0.39, 0.29) is 6.04 Å². The lowest BCUT2D eigenvalue weighted by molar-refractivity contribution is 0.473. The quantitative estimate of drug-likeness (QED) is 0.655. The van der Waals surface area contributed by atoms with Gasteiger partial charge in [-0.1, -0.05) is 6.92 Å². The molecule has 2 aromatic heterocycles. The zero-order chi connectivity index (χ0) is 15.6. The Bertz CT molecular complexity index is 585. The van der Waals surface area contributed by atoms with Crippen LogP contribution >= 0.6 is 43.2 Å². The number of rotatable bonds is 6. The standard InChI is InChI=1S/C15H21Br2N3S/c1-5-6-18-13(12-7-10(4)15(17)21-12)14-11(16)8-19-20(14)9(2)3/h7-9,13,18H,5-6H2,1-4H3. The van der Waals surface area contributed by atoms with E-state index in [1.54, 1.807) is 11.3 Å². The number of hydrogen-bond acceptors (Lipinski definition) is 3. The van der Waals surface area contributed by atoms with Gasteiger partial charge in [0.25, 0.3) is 0 Å². The van der Waals surface area contributed by atoms with Crippen LogP contribution in [0.5, 0.6) is 0 Å². The maximum absolute atomic E-state index is 4.52. The van der Waals surface area contributed by atoms with Crippen molar-refractivity contribution in [3.05, 3.63) is 36.7 Å². The minimum absolute atomic E-state index is 0.166. The van der Waals surface area contributed by atoms with Crippen molar-refractivity contribution in [3.8, 4) is 0 Å². The molecular weight excluding hydrogens is 414 g/mol. The molecule has 0 fully saturated rings. The summed E-state index contributed by atoms with van der Waals surface area (Å²) in [6.07, 6.45) is 3.00. The maximum Gasteiger partial charge on any atom is 0.0854 e. The van der Waals surface area contributed by atoms with Crippen LogP contribution in [0.3, 0.4) is 0 Å². The lowest BCUT2D eigenvalue weighted by Crippen LogP contribution is -2.26. The number of aromatic nitrogens is 2. The molecule has 21 heavy (non-hydrogen) atoms. The average Bonchev–Trinajstić information content (AvgIpc) is 2.95. The zero-order valence-corrected chi connectivity index (χ0v) is 16.8. The van der Waals surface area contributed by atoms with Crippen molar-refractivity contribution < 1.29 is 0 Å². The van der Waals surface area contributed by atoms with E-state index in [9.17, 15) is 0 Å². The van der Waals surface area contributed by atoms with E-state index in [2.05, 4.69) is 80.7 Å².